The van der Waals surface area contributed by atoms with Crippen LogP contribution in [0.4, 0.5) is 5.69 Å². The van der Waals surface area contributed by atoms with E-state index in [0.717, 1.165) is 6.07 Å². The van der Waals surface area contributed by atoms with E-state index in [4.69, 9.17) is 9.84 Å². The van der Waals surface area contributed by atoms with Gasteiger partial charge in [0.25, 0.3) is 5.69 Å². The molecule has 0 fully saturated rings. The van der Waals surface area contributed by atoms with Crippen molar-refractivity contribution in [2.24, 2.45) is 0 Å². The van der Waals surface area contributed by atoms with Crippen LogP contribution in [0, 0.1) is 10.1 Å². The molecular formula is C12H13NO5. The smallest absolute Gasteiger partial charge is 0.309 e. The Bertz CT molecular complexity index is 481. The number of nitrogens with zero attached hydrogens (tertiary/aromatic N) is 1. The zero-order chi connectivity index (χ0) is 13.5. The molecule has 0 saturated heterocycles. The van der Waals surface area contributed by atoms with Gasteiger partial charge in [-0.15, -0.1) is 0 Å². The summed E-state index contributed by atoms with van der Waals surface area (Å²) in [6.07, 6.45) is 2.98. The summed E-state index contributed by atoms with van der Waals surface area (Å²) in [5.41, 5.74) is 0.109. The third-order valence-electron chi connectivity index (χ3n) is 2.10. The summed E-state index contributed by atoms with van der Waals surface area (Å²) < 4.78 is 4.71. The van der Waals surface area contributed by atoms with E-state index in [0.29, 0.717) is 12.2 Å². The maximum Gasteiger partial charge on any atom is 0.309 e. The molecule has 6 nitrogen and oxygen atoms in total. The number of rotatable bonds is 5. The largest absolute Gasteiger partial charge is 0.508 e. The Morgan fingerprint density at radius 2 is 2.28 bits per heavy atom. The fourth-order valence-electron chi connectivity index (χ4n) is 1.33. The molecule has 0 aliphatic heterocycles. The SMILES string of the molecule is CCOC(=O)CC=Cc1ccc(O)cc1[N+](=O)[O-]. The van der Waals surface area contributed by atoms with Crippen molar-refractivity contribution >= 4 is 17.7 Å². The van der Waals surface area contributed by atoms with E-state index in [1.54, 1.807) is 6.92 Å². The van der Waals surface area contributed by atoms with Gasteiger partial charge in [-0.1, -0.05) is 12.2 Å². The Balaban J connectivity index is 2.81. The number of carbonyl (C=O) groups excluding carboxylic acids is 1. The summed E-state index contributed by atoms with van der Waals surface area (Å²) in [4.78, 5) is 21.2. The summed E-state index contributed by atoms with van der Waals surface area (Å²) >= 11 is 0. The summed E-state index contributed by atoms with van der Waals surface area (Å²) in [5.74, 6) is -0.570. The topological polar surface area (TPSA) is 89.7 Å². The van der Waals surface area contributed by atoms with Crippen molar-refractivity contribution in [3.63, 3.8) is 0 Å². The van der Waals surface area contributed by atoms with E-state index in [-0.39, 0.29) is 17.9 Å². The fourth-order valence-corrected chi connectivity index (χ4v) is 1.33. The fraction of sp³-hybridized carbons (Fsp3) is 0.250. The molecule has 0 bridgehead atoms. The number of ether oxygens (including phenoxy) is 1. The van der Waals surface area contributed by atoms with Crippen LogP contribution in [0.1, 0.15) is 18.9 Å². The zero-order valence-electron chi connectivity index (χ0n) is 9.83. The molecule has 0 aromatic heterocycles. The number of benzene rings is 1. The summed E-state index contributed by atoms with van der Waals surface area (Å²) in [5, 5.41) is 19.9. The van der Waals surface area contributed by atoms with Gasteiger partial charge in [0.15, 0.2) is 0 Å². The first-order valence-corrected chi connectivity index (χ1v) is 5.34. The van der Waals surface area contributed by atoms with Gasteiger partial charge < -0.3 is 9.84 Å². The quantitative estimate of drug-likeness (QED) is 0.492. The van der Waals surface area contributed by atoms with Crippen LogP contribution in [0.5, 0.6) is 5.75 Å². The van der Waals surface area contributed by atoms with E-state index >= 15 is 0 Å². The lowest BCUT2D eigenvalue weighted by atomic mass is 10.1. The average Bonchev–Trinajstić information content (AvgIpc) is 2.31. The predicted molar refractivity (Wildman–Crippen MR) is 65.0 cm³/mol. The van der Waals surface area contributed by atoms with Crippen LogP contribution in [0.3, 0.4) is 0 Å². The van der Waals surface area contributed by atoms with Gasteiger partial charge in [0.1, 0.15) is 5.75 Å². The molecule has 0 saturated carbocycles. The van der Waals surface area contributed by atoms with Crippen molar-refractivity contribution in [2.75, 3.05) is 6.61 Å². The minimum Gasteiger partial charge on any atom is -0.508 e. The number of hydrogen-bond donors (Lipinski definition) is 1. The van der Waals surface area contributed by atoms with Crippen molar-refractivity contribution in [3.8, 4) is 5.75 Å². The molecule has 0 amide bonds. The molecule has 0 heterocycles. The number of esters is 1. The molecule has 0 aliphatic carbocycles. The molecule has 1 N–H and O–H groups in total. The maximum atomic E-state index is 11.1. The molecule has 1 rings (SSSR count). The van der Waals surface area contributed by atoms with Crippen LogP contribution < -0.4 is 0 Å². The number of carbonyl (C=O) groups is 1. The lowest BCUT2D eigenvalue weighted by molar-refractivity contribution is -0.385. The third kappa shape index (κ3) is 3.89. The van der Waals surface area contributed by atoms with Crippen molar-refractivity contribution in [2.45, 2.75) is 13.3 Å². The molecule has 18 heavy (non-hydrogen) atoms. The highest BCUT2D eigenvalue weighted by Gasteiger charge is 2.12. The predicted octanol–water partition coefficient (Wildman–Crippen LogP) is 2.27. The minimum absolute atomic E-state index is 0.0475. The first-order chi connectivity index (χ1) is 8.54. The number of nitro benzene ring substituents is 1. The lowest BCUT2D eigenvalue weighted by Gasteiger charge is -1.99. The first kappa shape index (κ1) is 13.7. The molecule has 96 valence electrons. The van der Waals surface area contributed by atoms with Crippen LogP contribution in [-0.2, 0) is 9.53 Å². The second-order valence-corrected chi connectivity index (χ2v) is 3.41. The van der Waals surface area contributed by atoms with Crippen LogP contribution in [0.15, 0.2) is 24.3 Å². The van der Waals surface area contributed by atoms with Gasteiger partial charge in [0.2, 0.25) is 0 Å². The van der Waals surface area contributed by atoms with E-state index in [1.165, 1.54) is 24.3 Å². The Morgan fingerprint density at radius 1 is 1.56 bits per heavy atom. The second kappa shape index (κ2) is 6.39. The monoisotopic (exact) mass is 251 g/mol. The number of phenols is 1. The molecule has 6 heteroatoms. The van der Waals surface area contributed by atoms with Gasteiger partial charge in [0, 0.05) is 0 Å². The van der Waals surface area contributed by atoms with Crippen LogP contribution in [0.25, 0.3) is 6.08 Å². The van der Waals surface area contributed by atoms with Gasteiger partial charge in [-0.05, 0) is 19.1 Å². The Kier molecular flexibility index (Phi) is 4.86. The van der Waals surface area contributed by atoms with Gasteiger partial charge >= 0.3 is 5.97 Å². The van der Waals surface area contributed by atoms with Crippen LogP contribution >= 0.6 is 0 Å². The van der Waals surface area contributed by atoms with E-state index in [2.05, 4.69) is 0 Å². The number of aromatic hydroxyl groups is 1. The second-order valence-electron chi connectivity index (χ2n) is 3.41. The van der Waals surface area contributed by atoms with Gasteiger partial charge in [-0.3, -0.25) is 14.9 Å². The highest BCUT2D eigenvalue weighted by molar-refractivity contribution is 5.73. The molecule has 0 unspecified atom stereocenters. The van der Waals surface area contributed by atoms with Crippen molar-refractivity contribution in [1.29, 1.82) is 0 Å². The number of hydrogen-bond acceptors (Lipinski definition) is 5. The summed E-state index contributed by atoms with van der Waals surface area (Å²) in [6, 6.07) is 3.82. The number of phenolic OH excluding ortho intramolecular Hbond substituents is 1. The minimum atomic E-state index is -0.593. The first-order valence-electron chi connectivity index (χ1n) is 5.34. The van der Waals surface area contributed by atoms with Gasteiger partial charge in [0.05, 0.1) is 29.6 Å². The zero-order valence-corrected chi connectivity index (χ0v) is 9.83. The van der Waals surface area contributed by atoms with Gasteiger partial charge in [-0.2, -0.15) is 0 Å². The molecule has 1 aromatic rings. The van der Waals surface area contributed by atoms with Crippen molar-refractivity contribution in [1.82, 2.24) is 0 Å². The van der Waals surface area contributed by atoms with Crippen molar-refractivity contribution in [3.05, 3.63) is 40.0 Å². The van der Waals surface area contributed by atoms with Gasteiger partial charge in [-0.25, -0.2) is 0 Å². The van der Waals surface area contributed by atoms with E-state index in [9.17, 15) is 14.9 Å². The van der Waals surface area contributed by atoms with Crippen molar-refractivity contribution < 1.29 is 19.6 Å². The highest BCUT2D eigenvalue weighted by atomic mass is 16.6. The molecule has 0 spiro atoms. The molecule has 0 aliphatic rings. The average molecular weight is 251 g/mol. The maximum absolute atomic E-state index is 11.1. The van der Waals surface area contributed by atoms with Crippen LogP contribution in [0.2, 0.25) is 0 Å². The summed E-state index contributed by atoms with van der Waals surface area (Å²) in [6.45, 7) is 2.00. The highest BCUT2D eigenvalue weighted by Crippen LogP contribution is 2.24. The lowest BCUT2D eigenvalue weighted by Crippen LogP contribution is -2.01. The normalized spacial score (nSPS) is 10.5. The molecule has 0 atom stereocenters. The Hall–Kier alpha value is -2.37. The Morgan fingerprint density at radius 3 is 2.89 bits per heavy atom. The van der Waals surface area contributed by atoms with Crippen LogP contribution in [-0.4, -0.2) is 22.6 Å². The van der Waals surface area contributed by atoms with E-state index < -0.39 is 10.9 Å². The third-order valence-corrected chi connectivity index (χ3v) is 2.10. The molecular weight excluding hydrogens is 238 g/mol. The summed E-state index contributed by atoms with van der Waals surface area (Å²) in [7, 11) is 0. The standard InChI is InChI=1S/C12H13NO5/c1-2-18-12(15)5-3-4-9-6-7-10(14)8-11(9)13(16)17/h3-4,6-8,14H,2,5H2,1H3. The van der Waals surface area contributed by atoms with E-state index in [1.807, 2.05) is 0 Å². The number of nitro groups is 1. The molecule has 1 aromatic carbocycles. The molecule has 0 radical (unpaired) electrons. The Labute approximate surface area is 104 Å².